The highest BCUT2D eigenvalue weighted by atomic mass is 16.5. The molecule has 7 heteroatoms. The predicted octanol–water partition coefficient (Wildman–Crippen LogP) is 1.37. The van der Waals surface area contributed by atoms with E-state index in [9.17, 15) is 0 Å². The Morgan fingerprint density at radius 1 is 1.24 bits per heavy atom. The highest BCUT2D eigenvalue weighted by Gasteiger charge is 2.12. The number of aromatic nitrogens is 4. The van der Waals surface area contributed by atoms with Gasteiger partial charge in [0.25, 0.3) is 0 Å². The molecule has 0 aliphatic carbocycles. The number of nitrogens with zero attached hydrogens (tertiary/aromatic N) is 3. The Balaban J connectivity index is 2.24. The number of ether oxygens (including phenoxy) is 1. The third kappa shape index (κ3) is 2.50. The smallest absolute Gasteiger partial charge is 0.222 e. The van der Waals surface area contributed by atoms with Crippen LogP contribution in [0.3, 0.4) is 0 Å². The van der Waals surface area contributed by atoms with Crippen molar-refractivity contribution >= 4 is 22.7 Å². The Hall–Kier alpha value is -2.67. The quantitative estimate of drug-likeness (QED) is 0.666. The number of hydrogen-bond acceptors (Lipinski definition) is 6. The van der Waals surface area contributed by atoms with Gasteiger partial charge in [-0.15, -0.1) is 0 Å². The molecular formula is C14H16N6O. The van der Waals surface area contributed by atoms with E-state index in [0.717, 1.165) is 27.7 Å². The average molecular weight is 284 g/mol. The fraction of sp³-hybridized carbons (Fsp3) is 0.214. The standard InChI is InChI=1S/C14H16N6O/c1-21-5-3-8-6-9(10-2-4-17-20-10)7-11-12(8)13(15)19-14(16)18-11/h2,4,6-7H,3,5H2,1H3,(H,17,20)(H4,15,16,18,19). The zero-order chi connectivity index (χ0) is 14.8. The van der Waals surface area contributed by atoms with E-state index in [1.54, 1.807) is 13.3 Å². The number of nitrogens with two attached hydrogens (primary N) is 2. The van der Waals surface area contributed by atoms with E-state index < -0.39 is 0 Å². The average Bonchev–Trinajstić information content (AvgIpc) is 2.97. The lowest BCUT2D eigenvalue weighted by molar-refractivity contribution is 0.202. The van der Waals surface area contributed by atoms with Gasteiger partial charge in [0.1, 0.15) is 5.82 Å². The van der Waals surface area contributed by atoms with E-state index >= 15 is 0 Å². The summed E-state index contributed by atoms with van der Waals surface area (Å²) < 4.78 is 5.16. The maximum atomic E-state index is 6.01. The van der Waals surface area contributed by atoms with Crippen molar-refractivity contribution in [1.29, 1.82) is 0 Å². The second-order valence-electron chi connectivity index (χ2n) is 4.71. The van der Waals surface area contributed by atoms with Crippen LogP contribution < -0.4 is 11.5 Å². The maximum Gasteiger partial charge on any atom is 0.222 e. The summed E-state index contributed by atoms with van der Waals surface area (Å²) >= 11 is 0. The van der Waals surface area contributed by atoms with Crippen molar-refractivity contribution < 1.29 is 4.74 Å². The topological polar surface area (TPSA) is 116 Å². The van der Waals surface area contributed by atoms with Gasteiger partial charge in [-0.05, 0) is 30.2 Å². The van der Waals surface area contributed by atoms with Crippen LogP contribution in [0.25, 0.3) is 22.2 Å². The minimum absolute atomic E-state index is 0.166. The van der Waals surface area contributed by atoms with Crippen molar-refractivity contribution in [3.05, 3.63) is 30.0 Å². The van der Waals surface area contributed by atoms with Crippen molar-refractivity contribution in [1.82, 2.24) is 20.2 Å². The third-order valence-corrected chi connectivity index (χ3v) is 3.31. The van der Waals surface area contributed by atoms with Crippen molar-refractivity contribution in [2.75, 3.05) is 25.2 Å². The summed E-state index contributed by atoms with van der Waals surface area (Å²) in [5.41, 5.74) is 15.3. The first-order chi connectivity index (χ1) is 10.2. The second-order valence-corrected chi connectivity index (χ2v) is 4.71. The van der Waals surface area contributed by atoms with Gasteiger partial charge in [0, 0.05) is 24.3 Å². The molecule has 0 unspecified atom stereocenters. The molecule has 2 aromatic heterocycles. The lowest BCUT2D eigenvalue weighted by Gasteiger charge is -2.11. The van der Waals surface area contributed by atoms with Crippen molar-refractivity contribution in [2.24, 2.45) is 0 Å². The van der Waals surface area contributed by atoms with E-state index in [4.69, 9.17) is 16.2 Å². The van der Waals surface area contributed by atoms with Crippen molar-refractivity contribution in [2.45, 2.75) is 6.42 Å². The van der Waals surface area contributed by atoms with Gasteiger partial charge >= 0.3 is 0 Å². The fourth-order valence-electron chi connectivity index (χ4n) is 2.38. The number of rotatable bonds is 4. The van der Waals surface area contributed by atoms with Crippen LogP contribution in [0.1, 0.15) is 5.56 Å². The summed E-state index contributed by atoms with van der Waals surface area (Å²) in [5.74, 6) is 0.555. The van der Waals surface area contributed by atoms with E-state index in [0.29, 0.717) is 18.8 Å². The first-order valence-electron chi connectivity index (χ1n) is 6.53. The molecule has 3 rings (SSSR count). The SMILES string of the molecule is COCCc1cc(-c2ccn[nH]2)cc2nc(N)nc(N)c12. The number of H-pyrrole nitrogens is 1. The number of hydrogen-bond donors (Lipinski definition) is 3. The molecule has 0 aliphatic heterocycles. The largest absolute Gasteiger partial charge is 0.384 e. The molecule has 0 atom stereocenters. The van der Waals surface area contributed by atoms with Gasteiger partial charge in [0.05, 0.1) is 17.8 Å². The molecular weight excluding hydrogens is 268 g/mol. The van der Waals surface area contributed by atoms with Crippen LogP contribution in [0.4, 0.5) is 11.8 Å². The Morgan fingerprint density at radius 3 is 2.81 bits per heavy atom. The minimum atomic E-state index is 0.166. The van der Waals surface area contributed by atoms with Gasteiger partial charge in [-0.25, -0.2) is 4.98 Å². The van der Waals surface area contributed by atoms with Crippen molar-refractivity contribution in [3.63, 3.8) is 0 Å². The third-order valence-electron chi connectivity index (χ3n) is 3.31. The lowest BCUT2D eigenvalue weighted by Crippen LogP contribution is -2.04. The van der Waals surface area contributed by atoms with Gasteiger partial charge in [-0.2, -0.15) is 10.1 Å². The molecule has 0 radical (unpaired) electrons. The zero-order valence-corrected chi connectivity index (χ0v) is 11.6. The van der Waals surface area contributed by atoms with Crippen molar-refractivity contribution in [3.8, 4) is 11.3 Å². The van der Waals surface area contributed by atoms with Gasteiger partial charge in [-0.1, -0.05) is 0 Å². The molecule has 3 aromatic rings. The van der Waals surface area contributed by atoms with Gasteiger partial charge in [0.15, 0.2) is 0 Å². The Bertz CT molecular complexity index is 769. The highest BCUT2D eigenvalue weighted by Crippen LogP contribution is 2.29. The minimum Gasteiger partial charge on any atom is -0.384 e. The van der Waals surface area contributed by atoms with E-state index in [-0.39, 0.29) is 5.95 Å². The molecule has 5 N–H and O–H groups in total. The number of benzene rings is 1. The molecule has 0 bridgehead atoms. The Labute approximate surface area is 121 Å². The number of anilines is 2. The summed E-state index contributed by atoms with van der Waals surface area (Å²) in [6.45, 7) is 0.589. The molecule has 1 aromatic carbocycles. The maximum absolute atomic E-state index is 6.01. The Kier molecular flexibility index (Phi) is 3.41. The number of aromatic amines is 1. The first kappa shape index (κ1) is 13.3. The molecule has 7 nitrogen and oxygen atoms in total. The molecule has 0 saturated carbocycles. The van der Waals surface area contributed by atoms with Gasteiger partial charge in [-0.3, -0.25) is 5.10 Å². The van der Waals surface area contributed by atoms with Crippen LogP contribution in [0.15, 0.2) is 24.4 Å². The van der Waals surface area contributed by atoms with Crippen LogP contribution >= 0.6 is 0 Å². The van der Waals surface area contributed by atoms with E-state index in [1.165, 1.54) is 0 Å². The molecule has 0 saturated heterocycles. The van der Waals surface area contributed by atoms with Gasteiger partial charge in [0.2, 0.25) is 5.95 Å². The monoisotopic (exact) mass is 284 g/mol. The summed E-state index contributed by atoms with van der Waals surface area (Å²) in [4.78, 5) is 8.33. The number of nitrogen functional groups attached to an aromatic ring is 2. The van der Waals surface area contributed by atoms with Crippen LogP contribution in [-0.4, -0.2) is 33.9 Å². The number of fused-ring (bicyclic) bond motifs is 1. The van der Waals surface area contributed by atoms with Crippen LogP contribution in [0.2, 0.25) is 0 Å². The highest BCUT2D eigenvalue weighted by molar-refractivity contribution is 5.94. The van der Waals surface area contributed by atoms with E-state index in [1.807, 2.05) is 18.2 Å². The van der Waals surface area contributed by atoms with Crippen LogP contribution in [-0.2, 0) is 11.2 Å². The lowest BCUT2D eigenvalue weighted by atomic mass is 10.0. The molecule has 0 fully saturated rings. The van der Waals surface area contributed by atoms with E-state index in [2.05, 4.69) is 20.2 Å². The zero-order valence-electron chi connectivity index (χ0n) is 11.6. The molecule has 21 heavy (non-hydrogen) atoms. The first-order valence-corrected chi connectivity index (χ1v) is 6.53. The van der Waals surface area contributed by atoms with Crippen LogP contribution in [0, 0.1) is 0 Å². The molecule has 2 heterocycles. The molecule has 0 aliphatic rings. The number of nitrogens with one attached hydrogen (secondary N) is 1. The second kappa shape index (κ2) is 5.37. The molecule has 0 spiro atoms. The summed E-state index contributed by atoms with van der Waals surface area (Å²) in [7, 11) is 1.67. The Morgan fingerprint density at radius 2 is 2.10 bits per heavy atom. The molecule has 0 amide bonds. The predicted molar refractivity (Wildman–Crippen MR) is 81.5 cm³/mol. The summed E-state index contributed by atoms with van der Waals surface area (Å²) in [6.07, 6.45) is 2.42. The fourth-order valence-corrected chi connectivity index (χ4v) is 2.38. The summed E-state index contributed by atoms with van der Waals surface area (Å²) in [5, 5.41) is 7.74. The summed E-state index contributed by atoms with van der Waals surface area (Å²) in [6, 6.07) is 5.87. The van der Waals surface area contributed by atoms with Gasteiger partial charge < -0.3 is 16.2 Å². The van der Waals surface area contributed by atoms with Crippen LogP contribution in [0.5, 0.6) is 0 Å². The number of methoxy groups -OCH3 is 1. The molecule has 108 valence electrons. The normalized spacial score (nSPS) is 11.1.